The molecule has 2 nitrogen and oxygen atoms in total. The summed E-state index contributed by atoms with van der Waals surface area (Å²) in [5, 5.41) is 0.609. The van der Waals surface area contributed by atoms with Crippen LogP contribution >= 0.6 is 11.6 Å². The molecule has 1 heterocycles. The minimum Gasteiger partial charge on any atom is -0.237 e. The normalized spacial score (nSPS) is 14.7. The lowest BCUT2D eigenvalue weighted by Crippen LogP contribution is -2.08. The second-order valence-electron chi connectivity index (χ2n) is 5.17. The minimum atomic E-state index is 0.376. The fourth-order valence-electron chi connectivity index (χ4n) is 2.82. The van der Waals surface area contributed by atoms with Crippen LogP contribution in [-0.2, 0) is 19.3 Å². The highest BCUT2D eigenvalue weighted by Crippen LogP contribution is 2.33. The quantitative estimate of drug-likeness (QED) is 0.776. The average molecular weight is 273 g/mol. The molecule has 1 aliphatic rings. The number of hydrogen-bond donors (Lipinski definition) is 0. The van der Waals surface area contributed by atoms with Crippen LogP contribution in [0.25, 0.3) is 0 Å². The van der Waals surface area contributed by atoms with E-state index in [4.69, 9.17) is 16.6 Å². The summed E-state index contributed by atoms with van der Waals surface area (Å²) in [7, 11) is 0. The van der Waals surface area contributed by atoms with Crippen molar-refractivity contribution in [3.8, 4) is 0 Å². The van der Waals surface area contributed by atoms with Crippen LogP contribution < -0.4 is 0 Å². The Balaban J connectivity index is 1.95. The average Bonchev–Trinajstić information content (AvgIpc) is 2.85. The topological polar surface area (TPSA) is 25.8 Å². The van der Waals surface area contributed by atoms with Crippen molar-refractivity contribution in [3.05, 3.63) is 57.6 Å². The molecule has 0 bridgehead atoms. The van der Waals surface area contributed by atoms with E-state index in [1.165, 1.54) is 11.1 Å². The Bertz CT molecular complexity index is 597. The van der Waals surface area contributed by atoms with Crippen molar-refractivity contribution < 1.29 is 0 Å². The van der Waals surface area contributed by atoms with Crippen LogP contribution in [0.5, 0.6) is 0 Å². The number of rotatable bonds is 2. The van der Waals surface area contributed by atoms with E-state index in [0.717, 1.165) is 36.3 Å². The maximum atomic E-state index is 6.24. The van der Waals surface area contributed by atoms with Gasteiger partial charge in [-0.25, -0.2) is 9.97 Å². The zero-order valence-electron chi connectivity index (χ0n) is 11.3. The Hall–Kier alpha value is -1.41. The number of aryl methyl sites for hydroxylation is 1. The number of halogens is 1. The third-order valence-electron chi connectivity index (χ3n) is 3.96. The predicted octanol–water partition coefficient (Wildman–Crippen LogP) is 3.88. The van der Waals surface area contributed by atoms with Crippen molar-refractivity contribution in [1.82, 2.24) is 9.97 Å². The van der Waals surface area contributed by atoms with Gasteiger partial charge in [0, 0.05) is 17.2 Å². The van der Waals surface area contributed by atoms with Gasteiger partial charge in [-0.1, -0.05) is 42.8 Å². The summed E-state index contributed by atoms with van der Waals surface area (Å²) in [6.45, 7) is 4.10. The molecule has 0 saturated carbocycles. The highest BCUT2D eigenvalue weighted by atomic mass is 35.5. The molecule has 0 radical (unpaired) electrons. The van der Waals surface area contributed by atoms with Gasteiger partial charge in [0.1, 0.15) is 11.0 Å². The van der Waals surface area contributed by atoms with Gasteiger partial charge in [0.15, 0.2) is 0 Å². The van der Waals surface area contributed by atoms with Crippen LogP contribution in [0.15, 0.2) is 24.3 Å². The first-order valence-corrected chi connectivity index (χ1v) is 7.16. The number of hydrogen-bond acceptors (Lipinski definition) is 2. The molecule has 2 aromatic rings. The number of benzene rings is 1. The second kappa shape index (κ2) is 4.93. The summed E-state index contributed by atoms with van der Waals surface area (Å²) in [6.07, 6.45) is 2.96. The number of fused-ring (bicyclic) bond motifs is 1. The summed E-state index contributed by atoms with van der Waals surface area (Å²) in [5.41, 5.74) is 4.94. The monoisotopic (exact) mass is 272 g/mol. The van der Waals surface area contributed by atoms with Gasteiger partial charge in [-0.15, -0.1) is 0 Å². The summed E-state index contributed by atoms with van der Waals surface area (Å²) in [6, 6.07) is 8.60. The van der Waals surface area contributed by atoms with E-state index in [9.17, 15) is 0 Å². The van der Waals surface area contributed by atoms with Gasteiger partial charge in [0.05, 0.1) is 0 Å². The number of aromatic nitrogens is 2. The molecular weight excluding hydrogens is 256 g/mol. The van der Waals surface area contributed by atoms with E-state index in [1.54, 1.807) is 0 Å². The molecule has 0 spiro atoms. The molecule has 0 fully saturated rings. The highest BCUT2D eigenvalue weighted by molar-refractivity contribution is 6.30. The van der Waals surface area contributed by atoms with Gasteiger partial charge in [-0.3, -0.25) is 0 Å². The van der Waals surface area contributed by atoms with Crippen LogP contribution in [0.2, 0.25) is 5.15 Å². The smallest absolute Gasteiger partial charge is 0.135 e. The SMILES string of the molecule is CCc1nc(C2Cc3ccccc3C2)nc(Cl)c1C. The molecule has 0 atom stereocenters. The first-order chi connectivity index (χ1) is 9.19. The molecule has 19 heavy (non-hydrogen) atoms. The van der Waals surface area contributed by atoms with Crippen LogP contribution in [0, 0.1) is 6.92 Å². The molecule has 3 rings (SSSR count). The molecule has 1 aromatic carbocycles. The molecule has 0 N–H and O–H groups in total. The Morgan fingerprint density at radius 1 is 1.16 bits per heavy atom. The van der Waals surface area contributed by atoms with E-state index in [0.29, 0.717) is 11.1 Å². The van der Waals surface area contributed by atoms with Gasteiger partial charge in [0.25, 0.3) is 0 Å². The van der Waals surface area contributed by atoms with E-state index < -0.39 is 0 Å². The third-order valence-corrected chi connectivity index (χ3v) is 4.32. The minimum absolute atomic E-state index is 0.376. The van der Waals surface area contributed by atoms with Crippen LogP contribution in [0.1, 0.15) is 41.1 Å². The van der Waals surface area contributed by atoms with Crippen LogP contribution in [0.4, 0.5) is 0 Å². The lowest BCUT2D eigenvalue weighted by molar-refractivity contribution is 0.672. The van der Waals surface area contributed by atoms with Gasteiger partial charge in [-0.05, 0) is 37.3 Å². The number of nitrogens with zero attached hydrogens (tertiary/aromatic N) is 2. The molecule has 98 valence electrons. The summed E-state index contributed by atoms with van der Waals surface area (Å²) in [5.74, 6) is 1.28. The van der Waals surface area contributed by atoms with Crippen molar-refractivity contribution in [1.29, 1.82) is 0 Å². The molecule has 1 aliphatic carbocycles. The molecule has 0 amide bonds. The Kier molecular flexibility index (Phi) is 3.28. The highest BCUT2D eigenvalue weighted by Gasteiger charge is 2.25. The van der Waals surface area contributed by atoms with Crippen molar-refractivity contribution in [2.24, 2.45) is 0 Å². The summed E-state index contributed by atoms with van der Waals surface area (Å²) < 4.78 is 0. The zero-order valence-corrected chi connectivity index (χ0v) is 12.0. The molecule has 0 aliphatic heterocycles. The molecule has 0 unspecified atom stereocenters. The molecule has 1 aromatic heterocycles. The lowest BCUT2D eigenvalue weighted by atomic mass is 10.0. The summed E-state index contributed by atoms with van der Waals surface area (Å²) in [4.78, 5) is 9.22. The van der Waals surface area contributed by atoms with Gasteiger partial charge < -0.3 is 0 Å². The summed E-state index contributed by atoms with van der Waals surface area (Å²) >= 11 is 6.24. The van der Waals surface area contributed by atoms with Crippen LogP contribution in [-0.4, -0.2) is 9.97 Å². The fourth-order valence-corrected chi connectivity index (χ4v) is 3.01. The molecule has 0 saturated heterocycles. The molecular formula is C16H17ClN2. The van der Waals surface area contributed by atoms with E-state index in [-0.39, 0.29) is 0 Å². The third kappa shape index (κ3) is 2.25. The Labute approximate surface area is 118 Å². The van der Waals surface area contributed by atoms with Gasteiger partial charge >= 0.3 is 0 Å². The van der Waals surface area contributed by atoms with Gasteiger partial charge in [0.2, 0.25) is 0 Å². The van der Waals surface area contributed by atoms with Crippen molar-refractivity contribution >= 4 is 11.6 Å². The maximum absolute atomic E-state index is 6.24. The van der Waals surface area contributed by atoms with Crippen LogP contribution in [0.3, 0.4) is 0 Å². The van der Waals surface area contributed by atoms with Gasteiger partial charge in [-0.2, -0.15) is 0 Å². The lowest BCUT2D eigenvalue weighted by Gasteiger charge is -2.12. The van der Waals surface area contributed by atoms with E-state index in [1.807, 2.05) is 6.92 Å². The fraction of sp³-hybridized carbons (Fsp3) is 0.375. The molecule has 3 heteroatoms. The van der Waals surface area contributed by atoms with E-state index in [2.05, 4.69) is 36.2 Å². The van der Waals surface area contributed by atoms with Crippen molar-refractivity contribution in [2.45, 2.75) is 39.0 Å². The predicted molar refractivity (Wildman–Crippen MR) is 77.7 cm³/mol. The Morgan fingerprint density at radius 2 is 1.79 bits per heavy atom. The van der Waals surface area contributed by atoms with E-state index >= 15 is 0 Å². The first kappa shape index (κ1) is 12.6. The second-order valence-corrected chi connectivity index (χ2v) is 5.53. The standard InChI is InChI=1S/C16H17ClN2/c1-3-14-10(2)15(17)19-16(18-14)13-8-11-6-4-5-7-12(11)9-13/h4-7,13H,3,8-9H2,1-2H3. The maximum Gasteiger partial charge on any atom is 0.135 e. The zero-order chi connectivity index (χ0) is 13.4. The first-order valence-electron chi connectivity index (χ1n) is 6.78. The largest absolute Gasteiger partial charge is 0.237 e. The Morgan fingerprint density at radius 3 is 2.37 bits per heavy atom. The van der Waals surface area contributed by atoms with Crippen molar-refractivity contribution in [3.63, 3.8) is 0 Å². The van der Waals surface area contributed by atoms with Crippen molar-refractivity contribution in [2.75, 3.05) is 0 Å².